The standard InChI is InChI=1S/C8H15ClN2O/c1-7-6-10(2)4-3-5-11(7)8(9)12/h7H,3-6H2,1-2H3. The molecule has 1 heterocycles. The third-order valence-corrected chi connectivity index (χ3v) is 2.49. The van der Waals surface area contributed by atoms with Crippen molar-refractivity contribution in [3.63, 3.8) is 0 Å². The lowest BCUT2D eigenvalue weighted by atomic mass is 10.3. The van der Waals surface area contributed by atoms with E-state index in [1.54, 1.807) is 4.90 Å². The summed E-state index contributed by atoms with van der Waals surface area (Å²) in [5, 5.41) is -0.321. The number of carbonyl (C=O) groups excluding carboxylic acids is 1. The number of halogens is 1. The number of amides is 1. The fourth-order valence-corrected chi connectivity index (χ4v) is 1.88. The molecule has 1 amide bonds. The largest absolute Gasteiger partial charge is 0.325 e. The summed E-state index contributed by atoms with van der Waals surface area (Å²) in [5.74, 6) is 0. The third-order valence-electron chi connectivity index (χ3n) is 2.27. The zero-order valence-electron chi connectivity index (χ0n) is 7.59. The van der Waals surface area contributed by atoms with Crippen molar-refractivity contribution >= 4 is 17.0 Å². The first-order chi connectivity index (χ1) is 5.61. The van der Waals surface area contributed by atoms with E-state index in [4.69, 9.17) is 11.6 Å². The maximum absolute atomic E-state index is 10.9. The molecule has 4 heteroatoms. The molecule has 0 radical (unpaired) electrons. The van der Waals surface area contributed by atoms with Crippen LogP contribution in [-0.2, 0) is 0 Å². The third kappa shape index (κ3) is 2.35. The Bertz CT molecular complexity index is 174. The predicted molar refractivity (Wildman–Crippen MR) is 49.5 cm³/mol. The highest BCUT2D eigenvalue weighted by atomic mass is 35.5. The van der Waals surface area contributed by atoms with Gasteiger partial charge in [-0.15, -0.1) is 0 Å². The van der Waals surface area contributed by atoms with E-state index in [-0.39, 0.29) is 11.4 Å². The fourth-order valence-electron chi connectivity index (χ4n) is 1.63. The highest BCUT2D eigenvalue weighted by Crippen LogP contribution is 2.10. The summed E-state index contributed by atoms with van der Waals surface area (Å²) in [6.07, 6.45) is 1.01. The maximum Gasteiger partial charge on any atom is 0.316 e. The van der Waals surface area contributed by atoms with Gasteiger partial charge in [0.25, 0.3) is 0 Å². The summed E-state index contributed by atoms with van der Waals surface area (Å²) in [6.45, 7) is 4.78. The van der Waals surface area contributed by atoms with Crippen molar-refractivity contribution in [3.05, 3.63) is 0 Å². The van der Waals surface area contributed by atoms with E-state index in [2.05, 4.69) is 11.9 Å². The average Bonchev–Trinajstić information content (AvgIpc) is 2.10. The van der Waals surface area contributed by atoms with Crippen LogP contribution in [0.5, 0.6) is 0 Å². The summed E-state index contributed by atoms with van der Waals surface area (Å²) in [7, 11) is 2.07. The summed E-state index contributed by atoms with van der Waals surface area (Å²) >= 11 is 5.44. The molecule has 0 saturated carbocycles. The van der Waals surface area contributed by atoms with E-state index in [1.807, 2.05) is 6.92 Å². The molecule has 70 valence electrons. The maximum atomic E-state index is 10.9. The van der Waals surface area contributed by atoms with E-state index in [1.165, 1.54) is 0 Å². The molecule has 0 aromatic heterocycles. The lowest BCUT2D eigenvalue weighted by molar-refractivity contribution is 0.200. The van der Waals surface area contributed by atoms with Gasteiger partial charge in [-0.3, -0.25) is 4.79 Å². The van der Waals surface area contributed by atoms with Crippen LogP contribution in [-0.4, -0.2) is 47.9 Å². The summed E-state index contributed by atoms with van der Waals surface area (Å²) in [6, 6.07) is 0.238. The van der Waals surface area contributed by atoms with Crippen molar-refractivity contribution in [1.29, 1.82) is 0 Å². The van der Waals surface area contributed by atoms with Gasteiger partial charge in [-0.2, -0.15) is 0 Å². The van der Waals surface area contributed by atoms with E-state index >= 15 is 0 Å². The van der Waals surface area contributed by atoms with Crippen LogP contribution in [0.3, 0.4) is 0 Å². The molecule has 0 N–H and O–H groups in total. The van der Waals surface area contributed by atoms with Gasteiger partial charge in [0.15, 0.2) is 0 Å². The second-order valence-electron chi connectivity index (χ2n) is 3.41. The molecule has 1 aliphatic rings. The lowest BCUT2D eigenvalue weighted by Gasteiger charge is -2.25. The van der Waals surface area contributed by atoms with Gasteiger partial charge in [-0.05, 0) is 38.5 Å². The molecule has 1 rings (SSSR count). The number of carbonyl (C=O) groups is 1. The molecule has 1 atom stereocenters. The zero-order chi connectivity index (χ0) is 9.14. The molecule has 0 spiro atoms. The Labute approximate surface area is 78.3 Å². The van der Waals surface area contributed by atoms with Gasteiger partial charge in [0.05, 0.1) is 0 Å². The lowest BCUT2D eigenvalue weighted by Crippen LogP contribution is -2.39. The van der Waals surface area contributed by atoms with Gasteiger partial charge in [-0.25, -0.2) is 0 Å². The van der Waals surface area contributed by atoms with Gasteiger partial charge >= 0.3 is 5.37 Å². The van der Waals surface area contributed by atoms with Crippen molar-refractivity contribution in [1.82, 2.24) is 9.80 Å². The van der Waals surface area contributed by atoms with Crippen LogP contribution >= 0.6 is 11.6 Å². The van der Waals surface area contributed by atoms with Crippen LogP contribution in [0.2, 0.25) is 0 Å². The average molecular weight is 191 g/mol. The Kier molecular flexibility index (Phi) is 3.35. The SMILES string of the molecule is CC1CN(C)CCCN1C(=O)Cl. The monoisotopic (exact) mass is 190 g/mol. The Hall–Kier alpha value is -0.280. The van der Waals surface area contributed by atoms with E-state index in [0.717, 1.165) is 26.1 Å². The van der Waals surface area contributed by atoms with Crippen molar-refractivity contribution < 1.29 is 4.79 Å². The minimum Gasteiger partial charge on any atom is -0.325 e. The minimum atomic E-state index is -0.321. The first-order valence-electron chi connectivity index (χ1n) is 4.26. The normalized spacial score (nSPS) is 26.9. The van der Waals surface area contributed by atoms with E-state index < -0.39 is 0 Å². The molecule has 1 aliphatic heterocycles. The summed E-state index contributed by atoms with van der Waals surface area (Å²) < 4.78 is 0. The predicted octanol–water partition coefficient (Wildman–Crippen LogP) is 1.37. The van der Waals surface area contributed by atoms with E-state index in [9.17, 15) is 4.79 Å². The topological polar surface area (TPSA) is 23.6 Å². The van der Waals surface area contributed by atoms with Gasteiger partial charge < -0.3 is 9.80 Å². The zero-order valence-corrected chi connectivity index (χ0v) is 8.34. The highest BCUT2D eigenvalue weighted by Gasteiger charge is 2.22. The first kappa shape index (κ1) is 9.81. The second kappa shape index (κ2) is 4.10. The van der Waals surface area contributed by atoms with Gasteiger partial charge in [0.2, 0.25) is 0 Å². The van der Waals surface area contributed by atoms with Crippen molar-refractivity contribution in [2.45, 2.75) is 19.4 Å². The van der Waals surface area contributed by atoms with Gasteiger partial charge in [-0.1, -0.05) is 0 Å². The summed E-state index contributed by atoms with van der Waals surface area (Å²) in [5.41, 5.74) is 0. The number of hydrogen-bond acceptors (Lipinski definition) is 2. The minimum absolute atomic E-state index is 0.238. The Morgan fingerprint density at radius 3 is 2.75 bits per heavy atom. The molecule has 0 aliphatic carbocycles. The Balaban J connectivity index is 2.57. The van der Waals surface area contributed by atoms with Crippen LogP contribution in [0.15, 0.2) is 0 Å². The number of nitrogens with zero attached hydrogens (tertiary/aromatic N) is 2. The van der Waals surface area contributed by atoms with Gasteiger partial charge in [0.1, 0.15) is 0 Å². The molecule has 3 nitrogen and oxygen atoms in total. The van der Waals surface area contributed by atoms with E-state index in [0.29, 0.717) is 0 Å². The molecule has 0 bridgehead atoms. The smallest absolute Gasteiger partial charge is 0.316 e. The molecular formula is C8H15ClN2O. The highest BCUT2D eigenvalue weighted by molar-refractivity contribution is 6.62. The van der Waals surface area contributed by atoms with Crippen molar-refractivity contribution in [3.8, 4) is 0 Å². The van der Waals surface area contributed by atoms with Crippen LogP contribution in [0.4, 0.5) is 4.79 Å². The molecule has 12 heavy (non-hydrogen) atoms. The van der Waals surface area contributed by atoms with Crippen LogP contribution < -0.4 is 0 Å². The molecular weight excluding hydrogens is 176 g/mol. The molecule has 0 aromatic rings. The van der Waals surface area contributed by atoms with Crippen LogP contribution in [0.25, 0.3) is 0 Å². The van der Waals surface area contributed by atoms with Crippen molar-refractivity contribution in [2.24, 2.45) is 0 Å². The van der Waals surface area contributed by atoms with Crippen LogP contribution in [0, 0.1) is 0 Å². The molecule has 1 saturated heterocycles. The fraction of sp³-hybridized carbons (Fsp3) is 0.875. The summed E-state index contributed by atoms with van der Waals surface area (Å²) in [4.78, 5) is 14.9. The molecule has 1 fully saturated rings. The quantitative estimate of drug-likeness (QED) is 0.426. The molecule has 0 aromatic carbocycles. The Morgan fingerprint density at radius 2 is 2.17 bits per heavy atom. The van der Waals surface area contributed by atoms with Gasteiger partial charge in [0, 0.05) is 19.1 Å². The number of rotatable bonds is 0. The molecule has 1 unspecified atom stereocenters. The van der Waals surface area contributed by atoms with Crippen molar-refractivity contribution in [2.75, 3.05) is 26.7 Å². The first-order valence-corrected chi connectivity index (χ1v) is 4.63. The van der Waals surface area contributed by atoms with Crippen LogP contribution in [0.1, 0.15) is 13.3 Å². The number of likely N-dealkylation sites (N-methyl/N-ethyl adjacent to an activating group) is 1. The second-order valence-corrected chi connectivity index (χ2v) is 3.73. The Morgan fingerprint density at radius 1 is 1.50 bits per heavy atom. The number of hydrogen-bond donors (Lipinski definition) is 0.